The highest BCUT2D eigenvalue weighted by Gasteiger charge is 2.16. The van der Waals surface area contributed by atoms with Crippen molar-refractivity contribution in [2.24, 2.45) is 0 Å². The fourth-order valence-electron chi connectivity index (χ4n) is 2.24. The van der Waals surface area contributed by atoms with Crippen molar-refractivity contribution >= 4 is 46.5 Å². The maximum atomic E-state index is 11.9. The Hall–Kier alpha value is -0.620. The number of ketones is 1. The first-order valence-corrected chi connectivity index (χ1v) is 8.70. The number of nitrogens with zero attached hydrogens (tertiary/aromatic N) is 2. The van der Waals surface area contributed by atoms with Gasteiger partial charge in [-0.05, 0) is 12.6 Å². The van der Waals surface area contributed by atoms with E-state index in [-0.39, 0.29) is 18.2 Å². The van der Waals surface area contributed by atoms with E-state index in [4.69, 9.17) is 12.2 Å². The van der Waals surface area contributed by atoms with Crippen molar-refractivity contribution in [3.8, 4) is 0 Å². The molecule has 2 rings (SSSR count). The van der Waals surface area contributed by atoms with Crippen LogP contribution >= 0.6 is 36.4 Å². The number of carbonyl (C=O) groups is 1. The Morgan fingerprint density at radius 2 is 1.82 bits per heavy atom. The van der Waals surface area contributed by atoms with E-state index in [1.165, 1.54) is 0 Å². The smallest absolute Gasteiger partial charge is 0.138 e. The van der Waals surface area contributed by atoms with Crippen LogP contribution in [0, 0.1) is 0 Å². The molecule has 0 atom stereocenters. The van der Waals surface area contributed by atoms with Gasteiger partial charge in [-0.1, -0.05) is 54.3 Å². The fraction of sp³-hybridized carbons (Fsp3) is 0.500. The molecule has 1 fully saturated rings. The molecule has 0 unspecified atom stereocenters. The van der Waals surface area contributed by atoms with Gasteiger partial charge in [-0.3, -0.25) is 4.79 Å². The summed E-state index contributed by atoms with van der Waals surface area (Å²) in [5.74, 6) is 1.08. The largest absolute Gasteiger partial charge is 0.355 e. The molecule has 22 heavy (non-hydrogen) atoms. The van der Waals surface area contributed by atoms with Crippen molar-refractivity contribution < 1.29 is 4.79 Å². The molecule has 0 N–H and O–H groups in total. The minimum absolute atomic E-state index is 0. The molecule has 0 aliphatic carbocycles. The Morgan fingerprint density at radius 3 is 2.45 bits per heavy atom. The van der Waals surface area contributed by atoms with Crippen molar-refractivity contribution in [1.29, 1.82) is 0 Å². The van der Waals surface area contributed by atoms with Crippen molar-refractivity contribution in [3.05, 3.63) is 35.9 Å². The number of thiocarbonyl (C=S) groups is 1. The Bertz CT molecular complexity index is 476. The van der Waals surface area contributed by atoms with E-state index in [0.29, 0.717) is 12.8 Å². The quantitative estimate of drug-likeness (QED) is 0.753. The summed E-state index contributed by atoms with van der Waals surface area (Å²) < 4.78 is 0.940. The third-order valence-electron chi connectivity index (χ3n) is 3.61. The first-order valence-electron chi connectivity index (χ1n) is 7.31. The van der Waals surface area contributed by atoms with Crippen LogP contribution in [0.1, 0.15) is 12.0 Å². The highest BCUT2D eigenvalue weighted by molar-refractivity contribution is 8.22. The van der Waals surface area contributed by atoms with Gasteiger partial charge >= 0.3 is 0 Å². The minimum Gasteiger partial charge on any atom is -0.355 e. The second-order valence-corrected chi connectivity index (χ2v) is 7.08. The monoisotopic (exact) mass is 358 g/mol. The number of benzene rings is 1. The number of hydrogen-bond donors (Lipinski definition) is 0. The van der Waals surface area contributed by atoms with E-state index in [1.807, 2.05) is 30.3 Å². The van der Waals surface area contributed by atoms with E-state index >= 15 is 0 Å². The summed E-state index contributed by atoms with van der Waals surface area (Å²) >= 11 is 7.09. The number of thioether (sulfide) groups is 1. The molecule has 1 aromatic rings. The molecule has 122 valence electrons. The maximum Gasteiger partial charge on any atom is 0.138 e. The van der Waals surface area contributed by atoms with Crippen LogP contribution in [0.15, 0.2) is 30.3 Å². The molecule has 0 aromatic heterocycles. The number of likely N-dealkylation sites (N-methyl/N-ethyl adjacent to an activating group) is 1. The molecule has 0 bridgehead atoms. The number of carbonyl (C=O) groups excluding carboxylic acids is 1. The molecule has 1 aromatic carbocycles. The Balaban J connectivity index is 0.00000242. The molecule has 6 heteroatoms. The predicted octanol–water partition coefficient (Wildman–Crippen LogP) is 2.88. The van der Waals surface area contributed by atoms with Crippen LogP contribution in [-0.4, -0.2) is 58.9 Å². The van der Waals surface area contributed by atoms with Gasteiger partial charge < -0.3 is 9.80 Å². The summed E-state index contributed by atoms with van der Waals surface area (Å²) in [6.45, 7) is 4.13. The molecule has 1 aliphatic heterocycles. The highest BCUT2D eigenvalue weighted by Crippen LogP contribution is 2.14. The summed E-state index contributed by atoms with van der Waals surface area (Å²) in [5, 5.41) is 0. The van der Waals surface area contributed by atoms with Gasteiger partial charge in [-0.2, -0.15) is 0 Å². The number of halogens is 1. The molecule has 0 saturated carbocycles. The summed E-state index contributed by atoms with van der Waals surface area (Å²) in [6.07, 6.45) is 1.12. The summed E-state index contributed by atoms with van der Waals surface area (Å²) in [6, 6.07) is 9.91. The lowest BCUT2D eigenvalue weighted by Gasteiger charge is -2.33. The zero-order valence-electron chi connectivity index (χ0n) is 12.9. The zero-order valence-corrected chi connectivity index (χ0v) is 15.3. The van der Waals surface area contributed by atoms with E-state index in [2.05, 4.69) is 16.8 Å². The van der Waals surface area contributed by atoms with Gasteiger partial charge in [0.1, 0.15) is 10.1 Å². The molecule has 1 aliphatic rings. The van der Waals surface area contributed by atoms with Gasteiger partial charge in [-0.15, -0.1) is 12.4 Å². The first-order chi connectivity index (χ1) is 10.1. The average molecular weight is 359 g/mol. The van der Waals surface area contributed by atoms with Gasteiger partial charge in [0.2, 0.25) is 0 Å². The van der Waals surface area contributed by atoms with Gasteiger partial charge in [0, 0.05) is 44.8 Å². The summed E-state index contributed by atoms with van der Waals surface area (Å²) in [7, 11) is 2.13. The van der Waals surface area contributed by atoms with E-state index < -0.39 is 0 Å². The number of rotatable bonds is 5. The predicted molar refractivity (Wildman–Crippen MR) is 101 cm³/mol. The number of hydrogen-bond acceptors (Lipinski definition) is 4. The lowest BCUT2D eigenvalue weighted by molar-refractivity contribution is -0.118. The van der Waals surface area contributed by atoms with Crippen LogP contribution in [0.25, 0.3) is 0 Å². The summed E-state index contributed by atoms with van der Waals surface area (Å²) in [5.41, 5.74) is 1.09. The SMILES string of the molecule is CN1CCN(C(=S)SCCC(=O)Cc2ccccc2)CC1.Cl. The minimum atomic E-state index is 0. The van der Waals surface area contributed by atoms with E-state index in [1.54, 1.807) is 11.8 Å². The highest BCUT2D eigenvalue weighted by atomic mass is 35.5. The van der Waals surface area contributed by atoms with Gasteiger partial charge in [-0.25, -0.2) is 0 Å². The molecule has 1 saturated heterocycles. The Kier molecular flexibility index (Phi) is 9.02. The normalized spacial score (nSPS) is 15.2. The van der Waals surface area contributed by atoms with Crippen LogP contribution in [-0.2, 0) is 11.2 Å². The first kappa shape index (κ1) is 19.4. The van der Waals surface area contributed by atoms with Gasteiger partial charge in [0.15, 0.2) is 0 Å². The lowest BCUT2D eigenvalue weighted by Crippen LogP contribution is -2.45. The third kappa shape index (κ3) is 6.65. The molecular formula is C16H23ClN2OS2. The van der Waals surface area contributed by atoms with Crippen molar-refractivity contribution in [2.45, 2.75) is 12.8 Å². The zero-order chi connectivity index (χ0) is 15.1. The van der Waals surface area contributed by atoms with Crippen LogP contribution in [0.4, 0.5) is 0 Å². The van der Waals surface area contributed by atoms with Crippen molar-refractivity contribution in [1.82, 2.24) is 9.80 Å². The Morgan fingerprint density at radius 1 is 1.18 bits per heavy atom. The van der Waals surface area contributed by atoms with Crippen molar-refractivity contribution in [2.75, 3.05) is 39.0 Å². The second kappa shape index (κ2) is 10.2. The lowest BCUT2D eigenvalue weighted by atomic mass is 10.1. The van der Waals surface area contributed by atoms with E-state index in [9.17, 15) is 4.79 Å². The second-order valence-electron chi connectivity index (χ2n) is 5.36. The molecule has 0 amide bonds. The summed E-state index contributed by atoms with van der Waals surface area (Å²) in [4.78, 5) is 16.5. The van der Waals surface area contributed by atoms with Crippen LogP contribution < -0.4 is 0 Å². The standard InChI is InChI=1S/C16H22N2OS2.ClH/c1-17-8-10-18(11-9-17)16(20)21-12-7-15(19)13-14-5-3-2-4-6-14;/h2-6H,7-13H2,1H3;1H. The molecule has 0 spiro atoms. The van der Waals surface area contributed by atoms with E-state index in [0.717, 1.165) is 41.8 Å². The molecule has 1 heterocycles. The molecule has 0 radical (unpaired) electrons. The van der Waals surface area contributed by atoms with Gasteiger partial charge in [0.05, 0.1) is 0 Å². The number of Topliss-reactive ketones (excluding diaryl/α,β-unsaturated/α-hetero) is 1. The van der Waals surface area contributed by atoms with Crippen LogP contribution in [0.5, 0.6) is 0 Å². The van der Waals surface area contributed by atoms with Gasteiger partial charge in [0.25, 0.3) is 0 Å². The Labute approximate surface area is 148 Å². The third-order valence-corrected chi connectivity index (χ3v) is 5.14. The topological polar surface area (TPSA) is 23.6 Å². The average Bonchev–Trinajstić information content (AvgIpc) is 2.49. The molecule has 3 nitrogen and oxygen atoms in total. The fourth-order valence-corrected chi connectivity index (χ4v) is 3.55. The van der Waals surface area contributed by atoms with Crippen LogP contribution in [0.3, 0.4) is 0 Å². The maximum absolute atomic E-state index is 11.9. The number of piperazine rings is 1. The molecular weight excluding hydrogens is 336 g/mol. The van der Waals surface area contributed by atoms with Crippen molar-refractivity contribution in [3.63, 3.8) is 0 Å². The van der Waals surface area contributed by atoms with Crippen LogP contribution in [0.2, 0.25) is 0 Å².